The van der Waals surface area contributed by atoms with Gasteiger partial charge in [-0.3, -0.25) is 5.43 Å². The molecular formula is C17H17N5O2S. The molecule has 0 amide bonds. The number of phenols is 2. The van der Waals surface area contributed by atoms with Crippen LogP contribution in [0.4, 0.5) is 5.82 Å². The van der Waals surface area contributed by atoms with Crippen LogP contribution < -0.4 is 5.43 Å². The second-order valence-corrected chi connectivity index (χ2v) is 7.10. The Morgan fingerprint density at radius 1 is 1.28 bits per heavy atom. The van der Waals surface area contributed by atoms with E-state index in [2.05, 4.69) is 32.4 Å². The molecule has 8 heteroatoms. The first-order valence-corrected chi connectivity index (χ1v) is 8.68. The molecule has 128 valence electrons. The second-order valence-electron chi connectivity index (χ2n) is 6.01. The Kier molecular flexibility index (Phi) is 3.98. The van der Waals surface area contributed by atoms with E-state index >= 15 is 0 Å². The van der Waals surface area contributed by atoms with Crippen molar-refractivity contribution in [2.45, 2.75) is 13.0 Å². The van der Waals surface area contributed by atoms with Gasteiger partial charge < -0.3 is 15.1 Å². The summed E-state index contributed by atoms with van der Waals surface area (Å²) in [5.74, 6) is 0.355. The first-order valence-electron chi connectivity index (χ1n) is 7.86. The number of thiophene rings is 1. The van der Waals surface area contributed by atoms with Gasteiger partial charge in [-0.1, -0.05) is 0 Å². The zero-order valence-corrected chi connectivity index (χ0v) is 14.4. The smallest absolute Gasteiger partial charge is 0.158 e. The molecule has 0 bridgehead atoms. The van der Waals surface area contributed by atoms with Crippen molar-refractivity contribution in [3.05, 3.63) is 40.5 Å². The zero-order chi connectivity index (χ0) is 17.4. The molecule has 3 N–H and O–H groups in total. The summed E-state index contributed by atoms with van der Waals surface area (Å²) in [7, 11) is 2.12. The van der Waals surface area contributed by atoms with Gasteiger partial charge in [0.2, 0.25) is 0 Å². The first-order chi connectivity index (χ1) is 12.1. The average molecular weight is 355 g/mol. The zero-order valence-electron chi connectivity index (χ0n) is 13.6. The summed E-state index contributed by atoms with van der Waals surface area (Å²) in [4.78, 5) is 13.3. The normalized spacial score (nSPS) is 14.9. The molecule has 2 aromatic heterocycles. The molecule has 1 aliphatic heterocycles. The number of aromatic hydroxyl groups is 2. The maximum atomic E-state index is 9.53. The third-order valence-electron chi connectivity index (χ3n) is 4.21. The molecule has 7 nitrogen and oxygen atoms in total. The van der Waals surface area contributed by atoms with Crippen LogP contribution in [-0.2, 0) is 13.0 Å². The lowest BCUT2D eigenvalue weighted by Crippen LogP contribution is -2.25. The fourth-order valence-electron chi connectivity index (χ4n) is 2.93. The number of hydrogen-bond acceptors (Lipinski definition) is 8. The van der Waals surface area contributed by atoms with Gasteiger partial charge in [-0.05, 0) is 42.8 Å². The van der Waals surface area contributed by atoms with E-state index in [-0.39, 0.29) is 11.5 Å². The maximum absolute atomic E-state index is 9.53. The van der Waals surface area contributed by atoms with E-state index in [4.69, 9.17) is 0 Å². The monoisotopic (exact) mass is 355 g/mol. The summed E-state index contributed by atoms with van der Waals surface area (Å²) in [5, 5.41) is 24.1. The van der Waals surface area contributed by atoms with Gasteiger partial charge in [0.1, 0.15) is 11.2 Å². The summed E-state index contributed by atoms with van der Waals surface area (Å²) in [6.07, 6.45) is 4.08. The highest BCUT2D eigenvalue weighted by Gasteiger charge is 2.21. The number of hydrazone groups is 1. The van der Waals surface area contributed by atoms with Crippen LogP contribution >= 0.6 is 11.3 Å². The Morgan fingerprint density at radius 2 is 2.16 bits per heavy atom. The lowest BCUT2D eigenvalue weighted by atomic mass is 10.1. The van der Waals surface area contributed by atoms with E-state index in [0.29, 0.717) is 11.4 Å². The molecule has 1 aromatic carbocycles. The number of nitrogens with zero attached hydrogens (tertiary/aromatic N) is 4. The fraction of sp³-hybridized carbons (Fsp3) is 0.235. The van der Waals surface area contributed by atoms with Crippen LogP contribution in [-0.4, -0.2) is 44.9 Å². The molecule has 0 fully saturated rings. The molecule has 3 aromatic rings. The van der Waals surface area contributed by atoms with Gasteiger partial charge in [-0.15, -0.1) is 11.3 Å². The number of hydrogen-bond donors (Lipinski definition) is 3. The summed E-state index contributed by atoms with van der Waals surface area (Å²) >= 11 is 1.71. The standard InChI is InChI=1S/C17H17N5O2S/c1-22-5-4-11-14(8-22)25-17-15(11)16(18-9-19-17)21-20-7-10-2-3-12(23)13(24)6-10/h2-3,6-7,9,23-24H,4-5,8H2,1H3,(H,18,19,21)/b20-7+. The van der Waals surface area contributed by atoms with Gasteiger partial charge >= 0.3 is 0 Å². The maximum Gasteiger partial charge on any atom is 0.158 e. The molecule has 0 spiro atoms. The predicted octanol–water partition coefficient (Wildman–Crippen LogP) is 2.54. The van der Waals surface area contributed by atoms with E-state index < -0.39 is 0 Å². The van der Waals surface area contributed by atoms with Gasteiger partial charge in [0.25, 0.3) is 0 Å². The molecule has 1 aliphatic rings. The van der Waals surface area contributed by atoms with Crippen molar-refractivity contribution < 1.29 is 10.2 Å². The molecule has 0 saturated heterocycles. The number of benzene rings is 1. The van der Waals surface area contributed by atoms with Gasteiger partial charge in [0.05, 0.1) is 11.6 Å². The minimum absolute atomic E-state index is 0.155. The van der Waals surface area contributed by atoms with E-state index in [0.717, 1.165) is 29.7 Å². The third-order valence-corrected chi connectivity index (χ3v) is 5.34. The van der Waals surface area contributed by atoms with Crippen LogP contribution in [0.2, 0.25) is 0 Å². The van der Waals surface area contributed by atoms with E-state index in [9.17, 15) is 10.2 Å². The Bertz CT molecular complexity index is 969. The quantitative estimate of drug-likeness (QED) is 0.380. The van der Waals surface area contributed by atoms with Gasteiger partial charge in [-0.25, -0.2) is 9.97 Å². The van der Waals surface area contributed by atoms with Crippen LogP contribution in [0.25, 0.3) is 10.2 Å². The molecule has 0 atom stereocenters. The van der Waals surface area contributed by atoms with Crippen molar-refractivity contribution >= 4 is 33.6 Å². The minimum atomic E-state index is -0.176. The molecule has 0 radical (unpaired) electrons. The van der Waals surface area contributed by atoms with Crippen molar-refractivity contribution in [3.63, 3.8) is 0 Å². The Balaban J connectivity index is 1.63. The first kappa shape index (κ1) is 15.8. The van der Waals surface area contributed by atoms with Gasteiger partial charge in [0, 0.05) is 18.0 Å². The lowest BCUT2D eigenvalue weighted by molar-refractivity contribution is 0.318. The van der Waals surface area contributed by atoms with Gasteiger partial charge in [-0.2, -0.15) is 5.10 Å². The van der Waals surface area contributed by atoms with Crippen molar-refractivity contribution in [1.82, 2.24) is 14.9 Å². The summed E-state index contributed by atoms with van der Waals surface area (Å²) in [5.41, 5.74) is 4.96. The molecular weight excluding hydrogens is 338 g/mol. The van der Waals surface area contributed by atoms with Crippen LogP contribution in [0, 0.1) is 0 Å². The molecule has 3 heterocycles. The highest BCUT2D eigenvalue weighted by molar-refractivity contribution is 7.18. The second kappa shape index (κ2) is 6.30. The molecule has 4 rings (SSSR count). The largest absolute Gasteiger partial charge is 0.504 e. The van der Waals surface area contributed by atoms with E-state index in [1.807, 2.05) is 0 Å². The molecule has 0 aliphatic carbocycles. The van der Waals surface area contributed by atoms with Crippen LogP contribution in [0.3, 0.4) is 0 Å². The Hall–Kier alpha value is -2.71. The van der Waals surface area contributed by atoms with Crippen LogP contribution in [0.1, 0.15) is 16.0 Å². The molecule has 0 saturated carbocycles. The average Bonchev–Trinajstić information content (AvgIpc) is 2.96. The fourth-order valence-corrected chi connectivity index (χ4v) is 4.20. The number of aromatic nitrogens is 2. The Morgan fingerprint density at radius 3 is 3.00 bits per heavy atom. The van der Waals surface area contributed by atoms with Crippen molar-refractivity contribution in [3.8, 4) is 11.5 Å². The van der Waals surface area contributed by atoms with E-state index in [1.165, 1.54) is 28.9 Å². The predicted molar refractivity (Wildman–Crippen MR) is 98.4 cm³/mol. The van der Waals surface area contributed by atoms with Crippen LogP contribution in [0.5, 0.6) is 11.5 Å². The number of fused-ring (bicyclic) bond motifs is 3. The SMILES string of the molecule is CN1CCc2c(sc3ncnc(N/N=C/c4ccc(O)c(O)c4)c23)C1. The topological polar surface area (TPSA) is 93.9 Å². The van der Waals surface area contributed by atoms with Crippen molar-refractivity contribution in [1.29, 1.82) is 0 Å². The number of rotatable bonds is 3. The molecule has 0 unspecified atom stereocenters. The lowest BCUT2D eigenvalue weighted by Gasteiger charge is -2.22. The minimum Gasteiger partial charge on any atom is -0.504 e. The van der Waals surface area contributed by atoms with Crippen molar-refractivity contribution in [2.75, 3.05) is 19.0 Å². The summed E-state index contributed by atoms with van der Waals surface area (Å²) in [6.45, 7) is 1.95. The van der Waals surface area contributed by atoms with Crippen LogP contribution in [0.15, 0.2) is 29.6 Å². The number of anilines is 1. The van der Waals surface area contributed by atoms with Crippen molar-refractivity contribution in [2.24, 2.45) is 5.10 Å². The number of likely N-dealkylation sites (N-methyl/N-ethyl adjacent to an activating group) is 1. The highest BCUT2D eigenvalue weighted by atomic mass is 32.1. The molecule has 25 heavy (non-hydrogen) atoms. The number of nitrogens with one attached hydrogen (secondary N) is 1. The van der Waals surface area contributed by atoms with Gasteiger partial charge in [0.15, 0.2) is 17.3 Å². The Labute approximate surface area is 148 Å². The summed E-state index contributed by atoms with van der Waals surface area (Å²) in [6, 6.07) is 4.53. The highest BCUT2D eigenvalue weighted by Crippen LogP contribution is 2.36. The summed E-state index contributed by atoms with van der Waals surface area (Å²) < 4.78 is 0. The van der Waals surface area contributed by atoms with E-state index in [1.54, 1.807) is 23.6 Å². The third kappa shape index (κ3) is 3.01. The number of phenolic OH excluding ortho intramolecular Hbond substituents is 2.